The summed E-state index contributed by atoms with van der Waals surface area (Å²) < 4.78 is 16.2. The van der Waals surface area contributed by atoms with Crippen LogP contribution < -0.4 is 5.32 Å². The highest BCUT2D eigenvalue weighted by Crippen LogP contribution is 2.37. The average molecular weight is 459 g/mol. The van der Waals surface area contributed by atoms with Crippen LogP contribution in [-0.2, 0) is 11.3 Å². The Kier molecular flexibility index (Phi) is 7.00. The van der Waals surface area contributed by atoms with Crippen LogP contribution in [0, 0.1) is 12.7 Å². The molecule has 1 atom stereocenters. The van der Waals surface area contributed by atoms with E-state index in [1.54, 1.807) is 28.8 Å². The van der Waals surface area contributed by atoms with Crippen molar-refractivity contribution in [2.45, 2.75) is 23.9 Å². The van der Waals surface area contributed by atoms with E-state index in [4.69, 9.17) is 0 Å². The number of benzene rings is 3. The number of aryl methyl sites for hydroxylation is 1. The summed E-state index contributed by atoms with van der Waals surface area (Å²) in [6.45, 7) is 6.18. The molecule has 1 amide bonds. The molecule has 0 saturated heterocycles. The molecule has 0 fully saturated rings. The second-order valence-electron chi connectivity index (χ2n) is 7.45. The number of nitrogens with zero attached hydrogens (tertiary/aromatic N) is 3. The first kappa shape index (κ1) is 22.5. The zero-order chi connectivity index (χ0) is 23.2. The number of carbonyl (C=O) groups excluding carboxylic acids is 1. The Labute approximate surface area is 196 Å². The fourth-order valence-electron chi connectivity index (χ4n) is 3.36. The van der Waals surface area contributed by atoms with Gasteiger partial charge in [0.05, 0.1) is 5.56 Å². The minimum Gasteiger partial charge on any atom is -0.325 e. The Bertz CT molecular complexity index is 1260. The zero-order valence-corrected chi connectivity index (χ0v) is 18.9. The van der Waals surface area contributed by atoms with Crippen molar-refractivity contribution in [3.8, 4) is 11.4 Å². The molecule has 0 saturated carbocycles. The molecule has 1 N–H and O–H groups in total. The molecule has 5 nitrogen and oxygen atoms in total. The number of anilines is 1. The van der Waals surface area contributed by atoms with Crippen molar-refractivity contribution < 1.29 is 9.18 Å². The van der Waals surface area contributed by atoms with Crippen molar-refractivity contribution in [3.05, 3.63) is 108 Å². The van der Waals surface area contributed by atoms with Crippen LogP contribution in [0.25, 0.3) is 11.4 Å². The summed E-state index contributed by atoms with van der Waals surface area (Å²) in [6.07, 6.45) is 1.70. The molecule has 3 aromatic carbocycles. The summed E-state index contributed by atoms with van der Waals surface area (Å²) in [5.74, 6) is -0.180. The highest BCUT2D eigenvalue weighted by atomic mass is 32.2. The number of hydrogen-bond acceptors (Lipinski definition) is 4. The van der Waals surface area contributed by atoms with Crippen molar-refractivity contribution in [2.75, 3.05) is 5.32 Å². The van der Waals surface area contributed by atoms with Crippen LogP contribution in [-0.4, -0.2) is 20.7 Å². The van der Waals surface area contributed by atoms with Crippen LogP contribution in [0.5, 0.6) is 0 Å². The monoisotopic (exact) mass is 458 g/mol. The van der Waals surface area contributed by atoms with Crippen LogP contribution >= 0.6 is 11.8 Å². The Balaban J connectivity index is 1.69. The summed E-state index contributed by atoms with van der Waals surface area (Å²) in [5.41, 5.74) is 3.00. The smallest absolute Gasteiger partial charge is 0.242 e. The van der Waals surface area contributed by atoms with Gasteiger partial charge in [0.25, 0.3) is 0 Å². The Morgan fingerprint density at radius 2 is 1.76 bits per heavy atom. The molecule has 0 aliphatic carbocycles. The predicted octanol–water partition coefficient (Wildman–Crippen LogP) is 6.05. The van der Waals surface area contributed by atoms with Crippen LogP contribution in [0.3, 0.4) is 0 Å². The summed E-state index contributed by atoms with van der Waals surface area (Å²) in [4.78, 5) is 13.3. The lowest BCUT2D eigenvalue weighted by Gasteiger charge is -2.17. The van der Waals surface area contributed by atoms with Gasteiger partial charge in [-0.2, -0.15) is 0 Å². The van der Waals surface area contributed by atoms with E-state index in [2.05, 4.69) is 22.1 Å². The van der Waals surface area contributed by atoms with E-state index in [0.29, 0.717) is 28.8 Å². The van der Waals surface area contributed by atoms with Gasteiger partial charge >= 0.3 is 0 Å². The summed E-state index contributed by atoms with van der Waals surface area (Å²) >= 11 is 1.27. The Morgan fingerprint density at radius 1 is 1.06 bits per heavy atom. The first-order chi connectivity index (χ1) is 16.1. The molecule has 0 aliphatic rings. The maximum absolute atomic E-state index is 14.5. The van der Waals surface area contributed by atoms with Gasteiger partial charge in [-0.25, -0.2) is 4.39 Å². The summed E-state index contributed by atoms with van der Waals surface area (Å²) in [7, 11) is 0. The molecular formula is C26H23FN4OS. The molecule has 4 rings (SSSR count). The van der Waals surface area contributed by atoms with Crippen molar-refractivity contribution >= 4 is 23.4 Å². The fraction of sp³-hybridized carbons (Fsp3) is 0.115. The number of aromatic nitrogens is 3. The number of hydrogen-bond donors (Lipinski definition) is 1. The van der Waals surface area contributed by atoms with E-state index in [1.807, 2.05) is 61.5 Å². The topological polar surface area (TPSA) is 59.8 Å². The highest BCUT2D eigenvalue weighted by Gasteiger charge is 2.26. The molecule has 0 spiro atoms. The largest absolute Gasteiger partial charge is 0.325 e. The number of nitrogens with one attached hydrogen (secondary N) is 1. The molecule has 0 bridgehead atoms. The van der Waals surface area contributed by atoms with E-state index in [9.17, 15) is 9.18 Å². The minimum atomic E-state index is -0.589. The third-order valence-electron chi connectivity index (χ3n) is 5.03. The highest BCUT2D eigenvalue weighted by molar-refractivity contribution is 8.00. The van der Waals surface area contributed by atoms with Crippen molar-refractivity contribution in [3.63, 3.8) is 0 Å². The number of allylic oxidation sites excluding steroid dienone is 1. The average Bonchev–Trinajstić information content (AvgIpc) is 3.22. The summed E-state index contributed by atoms with van der Waals surface area (Å²) in [5, 5.41) is 11.4. The first-order valence-electron chi connectivity index (χ1n) is 10.4. The lowest BCUT2D eigenvalue weighted by Crippen LogP contribution is -2.19. The maximum Gasteiger partial charge on any atom is 0.242 e. The predicted molar refractivity (Wildman–Crippen MR) is 130 cm³/mol. The molecule has 1 heterocycles. The molecule has 33 heavy (non-hydrogen) atoms. The Morgan fingerprint density at radius 3 is 2.45 bits per heavy atom. The van der Waals surface area contributed by atoms with Crippen molar-refractivity contribution in [1.82, 2.24) is 14.8 Å². The van der Waals surface area contributed by atoms with E-state index in [-0.39, 0.29) is 11.7 Å². The molecule has 1 aromatic heterocycles. The van der Waals surface area contributed by atoms with Crippen LogP contribution in [0.1, 0.15) is 16.4 Å². The quantitative estimate of drug-likeness (QED) is 0.258. The normalized spacial score (nSPS) is 11.7. The van der Waals surface area contributed by atoms with E-state index < -0.39 is 5.25 Å². The lowest BCUT2D eigenvalue weighted by molar-refractivity contribution is -0.115. The van der Waals surface area contributed by atoms with E-state index >= 15 is 0 Å². The third-order valence-corrected chi connectivity index (χ3v) is 6.26. The van der Waals surface area contributed by atoms with E-state index in [0.717, 1.165) is 11.1 Å². The van der Waals surface area contributed by atoms with Gasteiger partial charge in [-0.05, 0) is 36.8 Å². The number of rotatable bonds is 8. The van der Waals surface area contributed by atoms with Crippen molar-refractivity contribution in [2.24, 2.45) is 0 Å². The fourth-order valence-corrected chi connectivity index (χ4v) is 4.41. The van der Waals surface area contributed by atoms with E-state index in [1.165, 1.54) is 17.8 Å². The third kappa shape index (κ3) is 5.21. The van der Waals surface area contributed by atoms with Gasteiger partial charge in [-0.1, -0.05) is 78.0 Å². The molecule has 0 radical (unpaired) electrons. The van der Waals surface area contributed by atoms with Gasteiger partial charge in [0.15, 0.2) is 11.0 Å². The molecule has 7 heteroatoms. The SMILES string of the molecule is C=CCn1c(SC(C(=O)Nc2ccc(C)cc2)c2ccccc2)nnc1-c1ccccc1F. The number of thioether (sulfide) groups is 1. The van der Waals surface area contributed by atoms with Gasteiger partial charge in [-0.3, -0.25) is 9.36 Å². The number of halogens is 1. The number of carbonyl (C=O) groups is 1. The summed E-state index contributed by atoms with van der Waals surface area (Å²) in [6, 6.07) is 23.5. The Hall–Kier alpha value is -3.71. The second kappa shape index (κ2) is 10.3. The molecular weight excluding hydrogens is 435 g/mol. The van der Waals surface area contributed by atoms with Crippen LogP contribution in [0.2, 0.25) is 0 Å². The molecule has 166 valence electrons. The molecule has 1 unspecified atom stereocenters. The second-order valence-corrected chi connectivity index (χ2v) is 8.52. The standard InChI is InChI=1S/C26H23FN4OS/c1-3-17-31-24(21-11-7-8-12-22(21)27)29-30-26(31)33-23(19-9-5-4-6-10-19)25(32)28-20-15-13-18(2)14-16-20/h3-16,23H,1,17H2,2H3,(H,28,32). The number of amides is 1. The lowest BCUT2D eigenvalue weighted by atomic mass is 10.1. The minimum absolute atomic E-state index is 0.185. The molecule has 0 aliphatic heterocycles. The first-order valence-corrected chi connectivity index (χ1v) is 11.3. The van der Waals surface area contributed by atoms with Crippen molar-refractivity contribution in [1.29, 1.82) is 0 Å². The van der Waals surface area contributed by atoms with Gasteiger partial charge in [-0.15, -0.1) is 16.8 Å². The maximum atomic E-state index is 14.5. The van der Waals surface area contributed by atoms with Gasteiger partial charge in [0, 0.05) is 12.2 Å². The van der Waals surface area contributed by atoms with Crippen LogP contribution in [0.4, 0.5) is 10.1 Å². The van der Waals surface area contributed by atoms with Gasteiger partial charge in [0.1, 0.15) is 11.1 Å². The zero-order valence-electron chi connectivity index (χ0n) is 18.1. The van der Waals surface area contributed by atoms with Gasteiger partial charge < -0.3 is 5.32 Å². The molecule has 4 aromatic rings. The van der Waals surface area contributed by atoms with Crippen LogP contribution in [0.15, 0.2) is 96.7 Å². The van der Waals surface area contributed by atoms with Gasteiger partial charge in [0.2, 0.25) is 5.91 Å².